The highest BCUT2D eigenvalue weighted by molar-refractivity contribution is 5.94. The number of nitrogens with zero attached hydrogens (tertiary/aromatic N) is 6. The van der Waals surface area contributed by atoms with E-state index in [1.807, 2.05) is 17.9 Å². The van der Waals surface area contributed by atoms with E-state index in [1.54, 1.807) is 31.1 Å². The molecule has 1 amide bonds. The Labute approximate surface area is 190 Å². The van der Waals surface area contributed by atoms with E-state index in [1.165, 1.54) is 28.8 Å². The number of hydrogen-bond donors (Lipinski definition) is 0. The van der Waals surface area contributed by atoms with Crippen molar-refractivity contribution in [2.45, 2.75) is 32.4 Å². The van der Waals surface area contributed by atoms with Crippen LogP contribution in [0, 0.1) is 23.1 Å². The van der Waals surface area contributed by atoms with Crippen molar-refractivity contribution in [2.75, 3.05) is 18.5 Å². The van der Waals surface area contributed by atoms with E-state index in [0.717, 1.165) is 0 Å². The van der Waals surface area contributed by atoms with Crippen molar-refractivity contribution in [3.05, 3.63) is 64.0 Å². The summed E-state index contributed by atoms with van der Waals surface area (Å²) in [6.45, 7) is 4.63. The molecule has 0 saturated carbocycles. The van der Waals surface area contributed by atoms with E-state index in [4.69, 9.17) is 0 Å². The zero-order valence-corrected chi connectivity index (χ0v) is 19.0. The van der Waals surface area contributed by atoms with Crippen LogP contribution in [0.4, 0.5) is 10.2 Å². The van der Waals surface area contributed by atoms with Gasteiger partial charge in [-0.25, -0.2) is 14.2 Å². The molecule has 1 aromatic carbocycles. The number of halogens is 1. The Balaban J connectivity index is 1.65. The fourth-order valence-corrected chi connectivity index (χ4v) is 4.57. The number of benzene rings is 1. The second-order valence-electron chi connectivity index (χ2n) is 8.66. The topological polar surface area (TPSA) is 95.1 Å². The third-order valence-electron chi connectivity index (χ3n) is 6.49. The summed E-state index contributed by atoms with van der Waals surface area (Å²) in [5.41, 5.74) is 1.41. The Morgan fingerprint density at radius 3 is 2.55 bits per heavy atom. The van der Waals surface area contributed by atoms with E-state index in [-0.39, 0.29) is 35.4 Å². The normalized spacial score (nSPS) is 20.5. The van der Waals surface area contributed by atoms with Crippen LogP contribution in [0.25, 0.3) is 11.0 Å². The smallest absolute Gasteiger partial charge is 0.349 e. The second kappa shape index (κ2) is 8.62. The number of fused-ring (bicyclic) bond motifs is 1. The molecule has 8 nitrogen and oxygen atoms in total. The summed E-state index contributed by atoms with van der Waals surface area (Å²) >= 11 is 0. The van der Waals surface area contributed by atoms with Gasteiger partial charge in [0.2, 0.25) is 0 Å². The highest BCUT2D eigenvalue weighted by atomic mass is 19.1. The number of rotatable bonds is 3. The van der Waals surface area contributed by atoms with Crippen molar-refractivity contribution in [1.29, 1.82) is 5.26 Å². The van der Waals surface area contributed by atoms with Crippen LogP contribution in [-0.2, 0) is 7.05 Å². The number of anilines is 1. The number of hydrogen-bond acceptors (Lipinski definition) is 6. The minimum Gasteiger partial charge on any atom is -0.351 e. The first-order valence-electron chi connectivity index (χ1n) is 10.8. The highest BCUT2D eigenvalue weighted by Crippen LogP contribution is 2.32. The molecule has 0 aliphatic carbocycles. The van der Waals surface area contributed by atoms with E-state index in [9.17, 15) is 19.2 Å². The van der Waals surface area contributed by atoms with Crippen LogP contribution >= 0.6 is 0 Å². The number of carbonyl (C=O) groups excluding carboxylic acids is 1. The van der Waals surface area contributed by atoms with E-state index in [0.29, 0.717) is 35.4 Å². The summed E-state index contributed by atoms with van der Waals surface area (Å²) in [5.74, 6) is -0.0254. The number of pyridine rings is 1. The number of aryl methyl sites for hydroxylation is 1. The van der Waals surface area contributed by atoms with Gasteiger partial charge in [-0.15, -0.1) is 0 Å². The van der Waals surface area contributed by atoms with Gasteiger partial charge in [0.15, 0.2) is 5.82 Å². The Morgan fingerprint density at radius 1 is 1.18 bits per heavy atom. The van der Waals surface area contributed by atoms with Gasteiger partial charge >= 0.3 is 5.69 Å². The molecular formula is C24H25FN6O2. The first-order valence-corrected chi connectivity index (χ1v) is 10.8. The van der Waals surface area contributed by atoms with Crippen molar-refractivity contribution in [1.82, 2.24) is 19.4 Å². The van der Waals surface area contributed by atoms with Crippen LogP contribution in [0.3, 0.4) is 0 Å². The van der Waals surface area contributed by atoms with Gasteiger partial charge < -0.3 is 9.80 Å². The molecule has 1 fully saturated rings. The third-order valence-corrected chi connectivity index (χ3v) is 6.49. The molecule has 33 heavy (non-hydrogen) atoms. The van der Waals surface area contributed by atoms with Crippen LogP contribution in [0.1, 0.15) is 36.3 Å². The number of piperidine rings is 1. The van der Waals surface area contributed by atoms with Crippen molar-refractivity contribution in [2.24, 2.45) is 13.0 Å². The molecule has 1 aliphatic heterocycles. The van der Waals surface area contributed by atoms with Gasteiger partial charge in [-0.3, -0.25) is 9.36 Å². The first-order chi connectivity index (χ1) is 15.7. The molecule has 1 aliphatic rings. The molecular weight excluding hydrogens is 423 g/mol. The van der Waals surface area contributed by atoms with Crippen molar-refractivity contribution < 1.29 is 9.18 Å². The third kappa shape index (κ3) is 4.04. The average molecular weight is 449 g/mol. The molecule has 0 radical (unpaired) electrons. The first kappa shape index (κ1) is 22.4. The van der Waals surface area contributed by atoms with Crippen LogP contribution in [-0.4, -0.2) is 51.0 Å². The fraction of sp³-hybridized carbons (Fsp3) is 0.375. The molecule has 3 heterocycles. The highest BCUT2D eigenvalue weighted by Gasteiger charge is 2.37. The van der Waals surface area contributed by atoms with Crippen molar-refractivity contribution in [3.8, 4) is 6.07 Å². The second-order valence-corrected chi connectivity index (χ2v) is 8.66. The molecule has 0 bridgehead atoms. The lowest BCUT2D eigenvalue weighted by Crippen LogP contribution is -2.54. The van der Waals surface area contributed by atoms with E-state index in [2.05, 4.69) is 16.9 Å². The van der Waals surface area contributed by atoms with Gasteiger partial charge in [-0.2, -0.15) is 10.2 Å². The molecule has 3 atom stereocenters. The molecule has 9 heteroatoms. The predicted octanol–water partition coefficient (Wildman–Crippen LogP) is 2.71. The maximum atomic E-state index is 13.3. The zero-order valence-electron chi connectivity index (χ0n) is 19.0. The maximum Gasteiger partial charge on any atom is 0.349 e. The van der Waals surface area contributed by atoms with Crippen LogP contribution in [0.15, 0.2) is 41.2 Å². The Hall–Kier alpha value is -3.80. The summed E-state index contributed by atoms with van der Waals surface area (Å²) in [4.78, 5) is 38.0. The Bertz CT molecular complexity index is 1310. The predicted molar refractivity (Wildman–Crippen MR) is 122 cm³/mol. The standard InChI is InChI=1S/C24H25FN6O2/c1-14-13-31(22-21-19(30(4)24(33)28-22)10-9-18(12-26)27-21)15(2)11-20(14)29(3)23(32)16-5-7-17(25)8-6-16/h5-10,14-15,20H,11,13H2,1-4H3/t14-,15+,20?/m1/s1. The Kier molecular flexibility index (Phi) is 5.85. The van der Waals surface area contributed by atoms with Gasteiger partial charge in [0.25, 0.3) is 5.91 Å². The lowest BCUT2D eigenvalue weighted by atomic mass is 9.88. The number of nitriles is 1. The monoisotopic (exact) mass is 448 g/mol. The van der Waals surface area contributed by atoms with Gasteiger partial charge in [0.05, 0.1) is 5.52 Å². The van der Waals surface area contributed by atoms with Gasteiger partial charge in [-0.1, -0.05) is 6.92 Å². The molecule has 4 rings (SSSR count). The quantitative estimate of drug-likeness (QED) is 0.611. The van der Waals surface area contributed by atoms with Gasteiger partial charge in [0, 0.05) is 38.3 Å². The van der Waals surface area contributed by atoms with Crippen molar-refractivity contribution in [3.63, 3.8) is 0 Å². The van der Waals surface area contributed by atoms with Gasteiger partial charge in [0.1, 0.15) is 23.1 Å². The zero-order chi connectivity index (χ0) is 23.9. The van der Waals surface area contributed by atoms with Gasteiger partial charge in [-0.05, 0) is 55.7 Å². The van der Waals surface area contributed by atoms with E-state index < -0.39 is 5.69 Å². The van der Waals surface area contributed by atoms with Crippen LogP contribution in [0.2, 0.25) is 0 Å². The molecule has 0 spiro atoms. The number of carbonyl (C=O) groups is 1. The molecule has 1 unspecified atom stereocenters. The number of aromatic nitrogens is 3. The summed E-state index contributed by atoms with van der Waals surface area (Å²) < 4.78 is 14.7. The molecule has 0 N–H and O–H groups in total. The van der Waals surface area contributed by atoms with Crippen molar-refractivity contribution >= 4 is 22.8 Å². The fourth-order valence-electron chi connectivity index (χ4n) is 4.57. The lowest BCUT2D eigenvalue weighted by molar-refractivity contribution is 0.0637. The summed E-state index contributed by atoms with van der Waals surface area (Å²) in [6, 6.07) is 10.8. The maximum absolute atomic E-state index is 13.3. The molecule has 1 saturated heterocycles. The van der Waals surface area contributed by atoms with Crippen LogP contribution in [0.5, 0.6) is 0 Å². The lowest BCUT2D eigenvalue weighted by Gasteiger charge is -2.45. The molecule has 2 aromatic heterocycles. The summed E-state index contributed by atoms with van der Waals surface area (Å²) in [7, 11) is 3.39. The largest absolute Gasteiger partial charge is 0.351 e. The molecule has 3 aromatic rings. The number of amides is 1. The van der Waals surface area contributed by atoms with Crippen LogP contribution < -0.4 is 10.6 Å². The minimum absolute atomic E-state index is 0.0370. The molecule has 170 valence electrons. The Morgan fingerprint density at radius 2 is 1.88 bits per heavy atom. The summed E-state index contributed by atoms with van der Waals surface area (Å²) in [5, 5.41) is 9.30. The summed E-state index contributed by atoms with van der Waals surface area (Å²) in [6.07, 6.45) is 0.654. The van der Waals surface area contributed by atoms with E-state index >= 15 is 0 Å². The SMILES string of the molecule is C[C@@H]1CN(c2nc(=O)n(C)c3ccc(C#N)nc23)[C@@H](C)CC1N(C)C(=O)c1ccc(F)cc1. The average Bonchev–Trinajstić information content (AvgIpc) is 2.82. The minimum atomic E-state index is -0.394.